The Morgan fingerprint density at radius 1 is 1.13 bits per heavy atom. The first-order valence-electron chi connectivity index (χ1n) is 10.9. The SMILES string of the molecule is CC(C)N1CCC(N2CCC[C@H](N(C)S(=O)(=O)c3cc4cc(Cl)ccc4s3)C2=O)CC1. The lowest BCUT2D eigenvalue weighted by molar-refractivity contribution is -0.141. The van der Waals surface area contributed by atoms with Crippen LogP contribution in [-0.2, 0) is 14.8 Å². The van der Waals surface area contributed by atoms with Crippen molar-refractivity contribution in [2.75, 3.05) is 26.7 Å². The van der Waals surface area contributed by atoms with Gasteiger partial charge in [-0.25, -0.2) is 8.42 Å². The molecule has 0 N–H and O–H groups in total. The van der Waals surface area contributed by atoms with Crippen molar-refractivity contribution in [1.29, 1.82) is 0 Å². The highest BCUT2D eigenvalue weighted by atomic mass is 35.5. The predicted octanol–water partition coefficient (Wildman–Crippen LogP) is 4.04. The quantitative estimate of drug-likeness (QED) is 0.644. The maximum Gasteiger partial charge on any atom is 0.253 e. The number of sulfonamides is 1. The van der Waals surface area contributed by atoms with E-state index in [1.807, 2.05) is 11.0 Å². The topological polar surface area (TPSA) is 60.9 Å². The first-order valence-corrected chi connectivity index (χ1v) is 13.5. The van der Waals surface area contributed by atoms with E-state index in [4.69, 9.17) is 11.6 Å². The van der Waals surface area contributed by atoms with Gasteiger partial charge in [0.2, 0.25) is 5.91 Å². The van der Waals surface area contributed by atoms with Crippen LogP contribution >= 0.6 is 22.9 Å². The van der Waals surface area contributed by atoms with Crippen molar-refractivity contribution in [3.05, 3.63) is 29.3 Å². The van der Waals surface area contributed by atoms with Gasteiger partial charge in [-0.1, -0.05) is 11.6 Å². The van der Waals surface area contributed by atoms with Gasteiger partial charge in [0.1, 0.15) is 10.3 Å². The standard InChI is InChI=1S/C22H30ClN3O3S2/c1-15(2)25-11-8-18(9-12-25)26-10-4-5-19(22(26)27)24(3)31(28,29)21-14-16-13-17(23)6-7-20(16)30-21/h6-7,13-15,18-19H,4-5,8-12H2,1-3H3/t19-/m0/s1. The number of likely N-dealkylation sites (N-methyl/N-ethyl adjacent to an activating group) is 1. The zero-order chi connectivity index (χ0) is 22.3. The molecule has 1 aromatic heterocycles. The molecule has 2 aliphatic rings. The lowest BCUT2D eigenvalue weighted by Gasteiger charge is -2.44. The number of amides is 1. The fourth-order valence-electron chi connectivity index (χ4n) is 4.72. The number of benzene rings is 1. The summed E-state index contributed by atoms with van der Waals surface area (Å²) >= 11 is 7.27. The second-order valence-corrected chi connectivity index (χ2v) is 12.6. The molecule has 2 fully saturated rings. The van der Waals surface area contributed by atoms with E-state index in [2.05, 4.69) is 18.7 Å². The van der Waals surface area contributed by atoms with Gasteiger partial charge in [-0.05, 0) is 69.2 Å². The van der Waals surface area contributed by atoms with Crippen LogP contribution in [-0.4, -0.2) is 73.2 Å². The van der Waals surface area contributed by atoms with Gasteiger partial charge in [-0.3, -0.25) is 4.79 Å². The number of nitrogens with zero attached hydrogens (tertiary/aromatic N) is 3. The lowest BCUT2D eigenvalue weighted by Crippen LogP contribution is -2.57. The van der Waals surface area contributed by atoms with Crippen LogP contribution in [0.2, 0.25) is 5.02 Å². The number of fused-ring (bicyclic) bond motifs is 1. The third kappa shape index (κ3) is 4.50. The Morgan fingerprint density at radius 2 is 1.84 bits per heavy atom. The van der Waals surface area contributed by atoms with Crippen LogP contribution < -0.4 is 0 Å². The third-order valence-corrected chi connectivity index (χ3v) is 10.3. The summed E-state index contributed by atoms with van der Waals surface area (Å²) in [6, 6.07) is 7.08. The smallest absolute Gasteiger partial charge is 0.253 e. The number of hydrogen-bond donors (Lipinski definition) is 0. The van der Waals surface area contributed by atoms with Gasteiger partial charge < -0.3 is 9.80 Å². The predicted molar refractivity (Wildman–Crippen MR) is 126 cm³/mol. The summed E-state index contributed by atoms with van der Waals surface area (Å²) in [6.07, 6.45) is 3.28. The number of thiophene rings is 1. The Labute approximate surface area is 193 Å². The molecule has 0 radical (unpaired) electrons. The molecule has 0 saturated carbocycles. The first-order chi connectivity index (χ1) is 14.7. The van der Waals surface area contributed by atoms with E-state index in [-0.39, 0.29) is 16.2 Å². The molecular formula is C22H30ClN3O3S2. The highest BCUT2D eigenvalue weighted by Gasteiger charge is 2.41. The van der Waals surface area contributed by atoms with Gasteiger partial charge in [-0.15, -0.1) is 11.3 Å². The van der Waals surface area contributed by atoms with E-state index in [1.165, 1.54) is 15.6 Å². The van der Waals surface area contributed by atoms with E-state index < -0.39 is 16.1 Å². The summed E-state index contributed by atoms with van der Waals surface area (Å²) in [4.78, 5) is 17.8. The number of hydrogen-bond acceptors (Lipinski definition) is 5. The summed E-state index contributed by atoms with van der Waals surface area (Å²) in [5, 5.41) is 1.38. The fraction of sp³-hybridized carbons (Fsp3) is 0.591. The van der Waals surface area contributed by atoms with E-state index in [0.29, 0.717) is 17.5 Å². The Bertz CT molecular complexity index is 1060. The Balaban J connectivity index is 1.51. The average Bonchev–Trinajstić information content (AvgIpc) is 3.17. The van der Waals surface area contributed by atoms with Gasteiger partial charge in [0.25, 0.3) is 10.0 Å². The van der Waals surface area contributed by atoms with Crippen LogP contribution in [0, 0.1) is 0 Å². The summed E-state index contributed by atoms with van der Waals surface area (Å²) < 4.78 is 29.1. The van der Waals surface area contributed by atoms with Gasteiger partial charge >= 0.3 is 0 Å². The van der Waals surface area contributed by atoms with Crippen LogP contribution in [0.25, 0.3) is 10.1 Å². The minimum Gasteiger partial charge on any atom is -0.338 e. The van der Waals surface area contributed by atoms with Crippen molar-refractivity contribution >= 4 is 49.0 Å². The van der Waals surface area contributed by atoms with Crippen LogP contribution in [0.3, 0.4) is 0 Å². The molecule has 0 unspecified atom stereocenters. The van der Waals surface area contributed by atoms with E-state index in [9.17, 15) is 13.2 Å². The molecule has 2 saturated heterocycles. The number of halogens is 1. The van der Waals surface area contributed by atoms with Crippen molar-refractivity contribution in [3.63, 3.8) is 0 Å². The molecule has 1 aromatic carbocycles. The number of rotatable bonds is 5. The highest BCUT2D eigenvalue weighted by molar-refractivity contribution is 7.91. The summed E-state index contributed by atoms with van der Waals surface area (Å²) in [6.45, 7) is 7.08. The second-order valence-electron chi connectivity index (χ2n) is 8.82. The molecule has 1 amide bonds. The van der Waals surface area contributed by atoms with Crippen molar-refractivity contribution < 1.29 is 13.2 Å². The largest absolute Gasteiger partial charge is 0.338 e. The molecule has 2 aromatic rings. The molecule has 2 aliphatic heterocycles. The van der Waals surface area contributed by atoms with Gasteiger partial charge in [-0.2, -0.15) is 4.31 Å². The third-order valence-electron chi connectivity index (χ3n) is 6.64. The monoisotopic (exact) mass is 483 g/mol. The molecule has 1 atom stereocenters. The Hall–Kier alpha value is -1.19. The Morgan fingerprint density at radius 3 is 2.52 bits per heavy atom. The summed E-state index contributed by atoms with van der Waals surface area (Å²) in [5.74, 6) is -0.0514. The Kier molecular flexibility index (Phi) is 6.66. The molecule has 6 nitrogen and oxygen atoms in total. The highest BCUT2D eigenvalue weighted by Crippen LogP contribution is 2.34. The molecule has 0 spiro atoms. The minimum absolute atomic E-state index is 0.0514. The molecule has 31 heavy (non-hydrogen) atoms. The zero-order valence-electron chi connectivity index (χ0n) is 18.3. The number of piperidine rings is 2. The number of carbonyl (C=O) groups excluding carboxylic acids is 1. The fourth-order valence-corrected chi connectivity index (χ4v) is 7.81. The first kappa shape index (κ1) is 23.0. The van der Waals surface area contributed by atoms with Crippen LogP contribution in [0.4, 0.5) is 0 Å². The molecule has 9 heteroatoms. The van der Waals surface area contributed by atoms with Gasteiger partial charge in [0, 0.05) is 48.5 Å². The summed E-state index contributed by atoms with van der Waals surface area (Å²) in [7, 11) is -2.23. The molecule has 3 heterocycles. The molecule has 4 rings (SSSR count). The lowest BCUT2D eigenvalue weighted by atomic mass is 9.97. The maximum absolute atomic E-state index is 13.4. The number of carbonyl (C=O) groups is 1. The van der Waals surface area contributed by atoms with Gasteiger partial charge in [0.15, 0.2) is 0 Å². The van der Waals surface area contributed by atoms with E-state index in [0.717, 1.165) is 49.0 Å². The molecule has 0 bridgehead atoms. The molecule has 170 valence electrons. The number of likely N-dealkylation sites (tertiary alicyclic amines) is 2. The van der Waals surface area contributed by atoms with Crippen LogP contribution in [0.5, 0.6) is 0 Å². The normalized spacial score (nSPS) is 22.2. The van der Waals surface area contributed by atoms with Crippen molar-refractivity contribution in [2.45, 2.75) is 61.9 Å². The van der Waals surface area contributed by atoms with Crippen molar-refractivity contribution in [3.8, 4) is 0 Å². The van der Waals surface area contributed by atoms with Crippen molar-refractivity contribution in [2.24, 2.45) is 0 Å². The van der Waals surface area contributed by atoms with Gasteiger partial charge in [0.05, 0.1) is 0 Å². The average molecular weight is 484 g/mol. The minimum atomic E-state index is -3.77. The zero-order valence-corrected chi connectivity index (χ0v) is 20.6. The maximum atomic E-state index is 13.4. The second kappa shape index (κ2) is 8.98. The van der Waals surface area contributed by atoms with Crippen molar-refractivity contribution in [1.82, 2.24) is 14.1 Å². The molecule has 0 aliphatic carbocycles. The van der Waals surface area contributed by atoms with Crippen LogP contribution in [0.1, 0.15) is 39.5 Å². The van der Waals surface area contributed by atoms with E-state index in [1.54, 1.807) is 25.2 Å². The van der Waals surface area contributed by atoms with E-state index >= 15 is 0 Å². The van der Waals surface area contributed by atoms with Crippen LogP contribution in [0.15, 0.2) is 28.5 Å². The summed E-state index contributed by atoms with van der Waals surface area (Å²) in [5.41, 5.74) is 0. The molecular weight excluding hydrogens is 454 g/mol.